The summed E-state index contributed by atoms with van der Waals surface area (Å²) >= 11 is 0. The summed E-state index contributed by atoms with van der Waals surface area (Å²) in [5.41, 5.74) is 6.17. The molecule has 2 amide bonds. The Kier molecular flexibility index (Phi) is 3.48. The van der Waals surface area contributed by atoms with Gasteiger partial charge in [0.25, 0.3) is 0 Å². The van der Waals surface area contributed by atoms with Crippen molar-refractivity contribution in [2.75, 3.05) is 26.2 Å². The first kappa shape index (κ1) is 12.9. The number of rotatable bonds is 2. The van der Waals surface area contributed by atoms with Crippen LogP contribution in [-0.2, 0) is 9.59 Å². The molecule has 5 nitrogen and oxygen atoms in total. The number of likely N-dealkylation sites (tertiary alicyclic amines) is 2. The summed E-state index contributed by atoms with van der Waals surface area (Å²) in [5.74, 6) is 1.30. The van der Waals surface area contributed by atoms with Gasteiger partial charge in [-0.05, 0) is 31.1 Å². The predicted octanol–water partition coefficient (Wildman–Crippen LogP) is 0.195. The fourth-order valence-corrected chi connectivity index (χ4v) is 3.85. The molecule has 1 saturated carbocycles. The summed E-state index contributed by atoms with van der Waals surface area (Å²) in [7, 11) is 0. The lowest BCUT2D eigenvalue weighted by atomic mass is 9.78. The van der Waals surface area contributed by atoms with E-state index in [2.05, 4.69) is 0 Å². The van der Waals surface area contributed by atoms with Crippen LogP contribution in [0.2, 0.25) is 0 Å². The molecule has 0 aromatic rings. The smallest absolute Gasteiger partial charge is 0.242 e. The maximum absolute atomic E-state index is 12.3. The highest BCUT2D eigenvalue weighted by atomic mass is 16.2. The summed E-state index contributed by atoms with van der Waals surface area (Å²) in [6.45, 7) is 2.66. The Morgan fingerprint density at radius 1 is 1.26 bits per heavy atom. The van der Waals surface area contributed by atoms with Gasteiger partial charge < -0.3 is 15.5 Å². The molecule has 0 aromatic heterocycles. The van der Waals surface area contributed by atoms with Gasteiger partial charge in [0.15, 0.2) is 0 Å². The van der Waals surface area contributed by atoms with Gasteiger partial charge in [0, 0.05) is 32.1 Å². The van der Waals surface area contributed by atoms with Gasteiger partial charge in [0.2, 0.25) is 11.8 Å². The highest BCUT2D eigenvalue weighted by molar-refractivity contribution is 5.86. The molecule has 0 spiro atoms. The van der Waals surface area contributed by atoms with Gasteiger partial charge in [-0.3, -0.25) is 9.59 Å². The van der Waals surface area contributed by atoms with Crippen molar-refractivity contribution in [2.45, 2.75) is 38.1 Å². The molecule has 0 bridgehead atoms. The maximum Gasteiger partial charge on any atom is 0.242 e. The Balaban J connectivity index is 1.58. The van der Waals surface area contributed by atoms with Crippen molar-refractivity contribution in [2.24, 2.45) is 17.6 Å². The molecule has 106 valence electrons. The van der Waals surface area contributed by atoms with Gasteiger partial charge >= 0.3 is 0 Å². The Bertz CT molecular complexity index is 385. The molecule has 1 aliphatic carbocycles. The van der Waals surface area contributed by atoms with Crippen molar-refractivity contribution in [3.05, 3.63) is 0 Å². The van der Waals surface area contributed by atoms with E-state index in [1.165, 1.54) is 12.8 Å². The van der Waals surface area contributed by atoms with Crippen LogP contribution in [0.5, 0.6) is 0 Å². The van der Waals surface area contributed by atoms with E-state index in [0.29, 0.717) is 18.3 Å². The lowest BCUT2D eigenvalue weighted by Gasteiger charge is -2.29. The average molecular weight is 265 g/mol. The van der Waals surface area contributed by atoms with Crippen molar-refractivity contribution in [3.8, 4) is 0 Å². The number of hydrogen-bond donors (Lipinski definition) is 1. The molecule has 2 saturated heterocycles. The van der Waals surface area contributed by atoms with E-state index >= 15 is 0 Å². The molecule has 0 aromatic carbocycles. The Labute approximate surface area is 114 Å². The summed E-state index contributed by atoms with van der Waals surface area (Å²) in [5, 5.41) is 0. The standard InChI is InChI=1S/C14H23N3O2/c15-12-4-1-3-10-7-17(8-11(10)12)14(19)9-16-6-2-5-13(16)18/h10-12H,1-9,15H2. The first-order valence-corrected chi connectivity index (χ1v) is 7.46. The molecule has 5 heteroatoms. The first-order valence-electron chi connectivity index (χ1n) is 7.46. The zero-order valence-corrected chi connectivity index (χ0v) is 11.4. The number of nitrogens with two attached hydrogens (primary N) is 1. The molecular weight excluding hydrogens is 242 g/mol. The molecule has 0 radical (unpaired) electrons. The Morgan fingerprint density at radius 2 is 2.11 bits per heavy atom. The Hall–Kier alpha value is -1.10. The van der Waals surface area contributed by atoms with Crippen LogP contribution in [0.25, 0.3) is 0 Å². The van der Waals surface area contributed by atoms with Crippen molar-refractivity contribution in [1.82, 2.24) is 9.80 Å². The highest BCUT2D eigenvalue weighted by Gasteiger charge is 2.40. The third-order valence-electron chi connectivity index (χ3n) is 5.00. The number of fused-ring (bicyclic) bond motifs is 1. The van der Waals surface area contributed by atoms with E-state index in [1.807, 2.05) is 4.90 Å². The molecule has 2 heterocycles. The van der Waals surface area contributed by atoms with Gasteiger partial charge in [0.05, 0.1) is 6.54 Å². The van der Waals surface area contributed by atoms with E-state index in [4.69, 9.17) is 5.73 Å². The highest BCUT2D eigenvalue weighted by Crippen LogP contribution is 2.35. The number of amides is 2. The minimum Gasteiger partial charge on any atom is -0.341 e. The normalized spacial score (nSPS) is 34.8. The van der Waals surface area contributed by atoms with Crippen LogP contribution in [0.1, 0.15) is 32.1 Å². The van der Waals surface area contributed by atoms with Crippen LogP contribution < -0.4 is 5.73 Å². The average Bonchev–Trinajstić information content (AvgIpc) is 2.97. The molecular formula is C14H23N3O2. The molecule has 3 fully saturated rings. The number of carbonyl (C=O) groups excluding carboxylic acids is 2. The van der Waals surface area contributed by atoms with Gasteiger partial charge in [-0.15, -0.1) is 0 Å². The molecule has 19 heavy (non-hydrogen) atoms. The van der Waals surface area contributed by atoms with Gasteiger partial charge in [-0.25, -0.2) is 0 Å². The molecule has 3 atom stereocenters. The van der Waals surface area contributed by atoms with Crippen molar-refractivity contribution < 1.29 is 9.59 Å². The minimum atomic E-state index is 0.108. The van der Waals surface area contributed by atoms with E-state index in [-0.39, 0.29) is 24.4 Å². The van der Waals surface area contributed by atoms with Crippen LogP contribution in [0.3, 0.4) is 0 Å². The molecule has 3 aliphatic rings. The quantitative estimate of drug-likeness (QED) is 0.775. The number of hydrogen-bond acceptors (Lipinski definition) is 3. The summed E-state index contributed by atoms with van der Waals surface area (Å²) < 4.78 is 0. The van der Waals surface area contributed by atoms with E-state index in [9.17, 15) is 9.59 Å². The van der Waals surface area contributed by atoms with E-state index in [1.54, 1.807) is 4.90 Å². The first-order chi connectivity index (χ1) is 9.15. The predicted molar refractivity (Wildman–Crippen MR) is 71.2 cm³/mol. The second-order valence-corrected chi connectivity index (χ2v) is 6.24. The van der Waals surface area contributed by atoms with Crippen LogP contribution in [-0.4, -0.2) is 53.8 Å². The van der Waals surface area contributed by atoms with E-state index in [0.717, 1.165) is 32.5 Å². The summed E-state index contributed by atoms with van der Waals surface area (Å²) in [6, 6.07) is 0.255. The van der Waals surface area contributed by atoms with Crippen molar-refractivity contribution >= 4 is 11.8 Å². The number of carbonyl (C=O) groups is 2. The largest absolute Gasteiger partial charge is 0.341 e. The van der Waals surface area contributed by atoms with Crippen LogP contribution in [0, 0.1) is 11.8 Å². The second kappa shape index (κ2) is 5.12. The van der Waals surface area contributed by atoms with Crippen LogP contribution >= 0.6 is 0 Å². The molecule has 2 N–H and O–H groups in total. The lowest BCUT2D eigenvalue weighted by molar-refractivity contribution is -0.137. The van der Waals surface area contributed by atoms with Crippen LogP contribution in [0.15, 0.2) is 0 Å². The van der Waals surface area contributed by atoms with E-state index < -0.39 is 0 Å². The number of nitrogens with zero attached hydrogens (tertiary/aromatic N) is 2. The molecule has 3 unspecified atom stereocenters. The fraction of sp³-hybridized carbons (Fsp3) is 0.857. The van der Waals surface area contributed by atoms with Gasteiger partial charge in [0.1, 0.15) is 0 Å². The van der Waals surface area contributed by atoms with Gasteiger partial charge in [-0.2, -0.15) is 0 Å². The van der Waals surface area contributed by atoms with Crippen LogP contribution in [0.4, 0.5) is 0 Å². The Morgan fingerprint density at radius 3 is 2.79 bits per heavy atom. The molecule has 2 aliphatic heterocycles. The monoisotopic (exact) mass is 265 g/mol. The zero-order valence-electron chi connectivity index (χ0n) is 11.4. The summed E-state index contributed by atoms with van der Waals surface area (Å²) in [4.78, 5) is 27.5. The zero-order chi connectivity index (χ0) is 13.4. The lowest BCUT2D eigenvalue weighted by Crippen LogP contribution is -2.41. The third-order valence-corrected chi connectivity index (χ3v) is 5.00. The second-order valence-electron chi connectivity index (χ2n) is 6.24. The van der Waals surface area contributed by atoms with Crippen molar-refractivity contribution in [1.29, 1.82) is 0 Å². The SMILES string of the molecule is NC1CCCC2CN(C(=O)CN3CCCC3=O)CC12. The van der Waals surface area contributed by atoms with Crippen molar-refractivity contribution in [3.63, 3.8) is 0 Å². The topological polar surface area (TPSA) is 66.6 Å². The minimum absolute atomic E-state index is 0.108. The summed E-state index contributed by atoms with van der Waals surface area (Å²) in [6.07, 6.45) is 4.97. The maximum atomic E-state index is 12.3. The van der Waals surface area contributed by atoms with Gasteiger partial charge in [-0.1, -0.05) is 6.42 Å². The third kappa shape index (κ3) is 2.48. The fourth-order valence-electron chi connectivity index (χ4n) is 3.85. The molecule has 3 rings (SSSR count).